The van der Waals surface area contributed by atoms with Gasteiger partial charge in [-0.1, -0.05) is 0 Å². The van der Waals surface area contributed by atoms with Crippen LogP contribution < -0.4 is 16.8 Å². The zero-order valence-corrected chi connectivity index (χ0v) is 6.09. The Bertz CT molecular complexity index is 456. The van der Waals surface area contributed by atoms with E-state index in [1.54, 1.807) is 12.3 Å². The van der Waals surface area contributed by atoms with Crippen molar-refractivity contribution in [3.05, 3.63) is 22.6 Å². The van der Waals surface area contributed by atoms with Crippen molar-refractivity contribution in [2.24, 2.45) is 5.84 Å². The van der Waals surface area contributed by atoms with Crippen molar-refractivity contribution in [2.45, 2.75) is 0 Å². The maximum Gasteiger partial charge on any atom is 0.261 e. The largest absolute Gasteiger partial charge is 0.346 e. The van der Waals surface area contributed by atoms with E-state index in [1.165, 1.54) is 0 Å². The third kappa shape index (κ3) is 0.857. The van der Waals surface area contributed by atoms with Crippen molar-refractivity contribution in [2.75, 3.05) is 5.43 Å². The second-order valence-electron chi connectivity index (χ2n) is 2.30. The minimum atomic E-state index is -0.214. The molecule has 0 saturated carbocycles. The first-order valence-electron chi connectivity index (χ1n) is 3.35. The van der Waals surface area contributed by atoms with Crippen LogP contribution in [0.2, 0.25) is 0 Å². The van der Waals surface area contributed by atoms with Gasteiger partial charge in [-0.2, -0.15) is 4.98 Å². The molecule has 0 amide bonds. The monoisotopic (exact) mass is 165 g/mol. The summed E-state index contributed by atoms with van der Waals surface area (Å²) in [4.78, 5) is 20.4. The van der Waals surface area contributed by atoms with Crippen LogP contribution in [-0.4, -0.2) is 15.0 Å². The van der Waals surface area contributed by atoms with E-state index in [0.717, 1.165) is 0 Å². The summed E-state index contributed by atoms with van der Waals surface area (Å²) in [6.45, 7) is 0. The van der Waals surface area contributed by atoms with Crippen LogP contribution in [0.1, 0.15) is 0 Å². The van der Waals surface area contributed by atoms with Gasteiger partial charge in [0.2, 0.25) is 5.95 Å². The quantitative estimate of drug-likeness (QED) is 0.339. The van der Waals surface area contributed by atoms with Gasteiger partial charge in [0.1, 0.15) is 5.65 Å². The molecule has 2 aromatic heterocycles. The number of anilines is 1. The fourth-order valence-corrected chi connectivity index (χ4v) is 1.02. The Morgan fingerprint density at radius 3 is 3.17 bits per heavy atom. The van der Waals surface area contributed by atoms with E-state index < -0.39 is 0 Å². The Morgan fingerprint density at radius 2 is 2.42 bits per heavy atom. The van der Waals surface area contributed by atoms with Crippen molar-refractivity contribution in [1.29, 1.82) is 0 Å². The number of nitrogen functional groups attached to an aromatic ring is 1. The smallest absolute Gasteiger partial charge is 0.261 e. The van der Waals surface area contributed by atoms with Crippen LogP contribution in [0.15, 0.2) is 17.1 Å². The Kier molecular flexibility index (Phi) is 1.34. The van der Waals surface area contributed by atoms with E-state index in [1.807, 2.05) is 0 Å². The fraction of sp³-hybridized carbons (Fsp3) is 0. The van der Waals surface area contributed by atoms with Crippen molar-refractivity contribution < 1.29 is 0 Å². The zero-order chi connectivity index (χ0) is 8.55. The first kappa shape index (κ1) is 6.86. The number of nitrogens with zero attached hydrogens (tertiary/aromatic N) is 1. The van der Waals surface area contributed by atoms with Crippen molar-refractivity contribution in [1.82, 2.24) is 15.0 Å². The van der Waals surface area contributed by atoms with Gasteiger partial charge in [-0.15, -0.1) is 0 Å². The number of H-pyrrole nitrogens is 2. The summed E-state index contributed by atoms with van der Waals surface area (Å²) in [6, 6.07) is 1.65. The normalized spacial score (nSPS) is 10.4. The first-order chi connectivity index (χ1) is 5.81. The average Bonchev–Trinajstić information content (AvgIpc) is 2.52. The number of rotatable bonds is 1. The molecule has 2 aromatic rings. The third-order valence-electron chi connectivity index (χ3n) is 1.56. The lowest BCUT2D eigenvalue weighted by atomic mass is 10.4. The number of hydrogen-bond donors (Lipinski definition) is 4. The van der Waals surface area contributed by atoms with E-state index in [2.05, 4.69) is 20.4 Å². The molecule has 0 fully saturated rings. The lowest BCUT2D eigenvalue weighted by Crippen LogP contribution is -2.16. The highest BCUT2D eigenvalue weighted by Gasteiger charge is 2.01. The van der Waals surface area contributed by atoms with Crippen LogP contribution >= 0.6 is 0 Å². The molecular formula is C6H7N5O. The van der Waals surface area contributed by atoms with Crippen molar-refractivity contribution >= 4 is 17.0 Å². The molecule has 0 spiro atoms. The molecule has 0 aromatic carbocycles. The Hall–Kier alpha value is -1.82. The molecule has 0 aliphatic rings. The van der Waals surface area contributed by atoms with Gasteiger partial charge in [-0.05, 0) is 6.07 Å². The van der Waals surface area contributed by atoms with Gasteiger partial charge in [-0.3, -0.25) is 15.2 Å². The molecule has 6 nitrogen and oxygen atoms in total. The highest BCUT2D eigenvalue weighted by molar-refractivity contribution is 5.74. The van der Waals surface area contributed by atoms with Crippen molar-refractivity contribution in [3.63, 3.8) is 0 Å². The number of aromatic nitrogens is 3. The Labute approximate surface area is 66.8 Å². The molecular weight excluding hydrogens is 158 g/mol. The molecule has 0 atom stereocenters. The topological polar surface area (TPSA) is 99.6 Å². The number of hydrazine groups is 1. The lowest BCUT2D eigenvalue weighted by Gasteiger charge is -1.96. The molecule has 5 N–H and O–H groups in total. The van der Waals surface area contributed by atoms with Crippen LogP contribution in [0.25, 0.3) is 11.0 Å². The molecule has 0 radical (unpaired) electrons. The van der Waals surface area contributed by atoms with Gasteiger partial charge >= 0.3 is 0 Å². The molecule has 0 aliphatic heterocycles. The van der Waals surface area contributed by atoms with Gasteiger partial charge in [-0.25, -0.2) is 5.84 Å². The summed E-state index contributed by atoms with van der Waals surface area (Å²) in [7, 11) is 0. The van der Waals surface area contributed by atoms with Crippen LogP contribution in [0.3, 0.4) is 0 Å². The summed E-state index contributed by atoms with van der Waals surface area (Å²) in [5, 5.41) is 0.522. The highest BCUT2D eigenvalue weighted by Crippen LogP contribution is 2.04. The Balaban J connectivity index is 2.84. The van der Waals surface area contributed by atoms with Crippen LogP contribution in [0, 0.1) is 0 Å². The molecule has 2 rings (SSSR count). The second kappa shape index (κ2) is 2.35. The van der Waals surface area contributed by atoms with Gasteiger partial charge in [0.05, 0.1) is 5.39 Å². The summed E-state index contributed by atoms with van der Waals surface area (Å²) in [6.07, 6.45) is 1.65. The maximum atomic E-state index is 11.2. The van der Waals surface area contributed by atoms with Crippen LogP contribution in [0.5, 0.6) is 0 Å². The average molecular weight is 165 g/mol. The number of fused-ring (bicyclic) bond motifs is 1. The summed E-state index contributed by atoms with van der Waals surface area (Å²) in [5.74, 6) is 5.33. The van der Waals surface area contributed by atoms with Gasteiger partial charge in [0.15, 0.2) is 0 Å². The lowest BCUT2D eigenvalue weighted by molar-refractivity contribution is 1.11. The molecule has 62 valence electrons. The molecule has 2 heterocycles. The first-order valence-corrected chi connectivity index (χ1v) is 3.35. The molecule has 0 bridgehead atoms. The summed E-state index contributed by atoms with van der Waals surface area (Å²) in [5.41, 5.74) is 2.57. The van der Waals surface area contributed by atoms with E-state index in [9.17, 15) is 4.79 Å². The predicted octanol–water partition coefficient (Wildman–Crippen LogP) is -0.463. The summed E-state index contributed by atoms with van der Waals surface area (Å²) >= 11 is 0. The highest BCUT2D eigenvalue weighted by atomic mass is 16.1. The minimum Gasteiger partial charge on any atom is -0.346 e. The predicted molar refractivity (Wildman–Crippen MR) is 44.5 cm³/mol. The van der Waals surface area contributed by atoms with Gasteiger partial charge < -0.3 is 4.98 Å². The van der Waals surface area contributed by atoms with Crippen LogP contribution in [0.4, 0.5) is 5.95 Å². The summed E-state index contributed by atoms with van der Waals surface area (Å²) < 4.78 is 0. The number of aromatic amines is 2. The second-order valence-corrected chi connectivity index (χ2v) is 2.30. The van der Waals surface area contributed by atoms with Crippen molar-refractivity contribution in [3.8, 4) is 0 Å². The zero-order valence-electron chi connectivity index (χ0n) is 6.09. The SMILES string of the molecule is NNc1nc2[nH]ccc2c(=O)[nH]1. The molecule has 0 unspecified atom stereocenters. The maximum absolute atomic E-state index is 11.2. The van der Waals surface area contributed by atoms with E-state index in [0.29, 0.717) is 11.0 Å². The third-order valence-corrected chi connectivity index (χ3v) is 1.56. The van der Waals surface area contributed by atoms with Gasteiger partial charge in [0.25, 0.3) is 5.56 Å². The van der Waals surface area contributed by atoms with E-state index in [4.69, 9.17) is 5.84 Å². The van der Waals surface area contributed by atoms with E-state index >= 15 is 0 Å². The molecule has 0 aliphatic carbocycles. The molecule has 6 heteroatoms. The number of nitrogens with one attached hydrogen (secondary N) is 3. The van der Waals surface area contributed by atoms with E-state index in [-0.39, 0.29) is 11.5 Å². The fourth-order valence-electron chi connectivity index (χ4n) is 1.02. The minimum absolute atomic E-state index is 0.214. The molecule has 0 saturated heterocycles. The van der Waals surface area contributed by atoms with Crippen LogP contribution in [-0.2, 0) is 0 Å². The number of nitrogens with two attached hydrogens (primary N) is 1. The molecule has 12 heavy (non-hydrogen) atoms. The van der Waals surface area contributed by atoms with Gasteiger partial charge in [0, 0.05) is 6.20 Å². The number of hydrogen-bond acceptors (Lipinski definition) is 4. The Morgan fingerprint density at radius 1 is 1.58 bits per heavy atom. The standard InChI is InChI=1S/C6H7N5O/c7-11-6-9-4-3(1-2-8-4)5(12)10-6/h1-2H,7H2,(H3,8,9,10,11,12).